The van der Waals surface area contributed by atoms with Gasteiger partial charge >= 0.3 is 0 Å². The molecule has 0 bridgehead atoms. The molecule has 13 amide bonds. The van der Waals surface area contributed by atoms with E-state index in [0.717, 1.165) is 21.6 Å². The van der Waals surface area contributed by atoms with Crippen LogP contribution < -0.4 is 110 Å². The van der Waals surface area contributed by atoms with E-state index in [1.807, 2.05) is 13.8 Å². The van der Waals surface area contributed by atoms with Crippen LogP contribution in [-0.2, 0) is 75.2 Å². The van der Waals surface area contributed by atoms with Crippen LogP contribution in [0.25, 0.3) is 0 Å². The summed E-state index contributed by atoms with van der Waals surface area (Å²) in [6.45, 7) is 6.20. The van der Waals surface area contributed by atoms with Gasteiger partial charge in [0, 0.05) is 44.1 Å². The Kier molecular flexibility index (Phi) is 40.4. The number of unbranched alkanes of at least 4 members (excludes halogenated alkanes) is 1. The molecular formula is C69H112N24O14S2. The number of primary amides is 1. The van der Waals surface area contributed by atoms with Gasteiger partial charge in [-0.15, -0.1) is 0 Å². The van der Waals surface area contributed by atoms with Gasteiger partial charge in [-0.2, -0.15) is 0 Å². The first-order valence-corrected chi connectivity index (χ1v) is 38.8. The molecule has 2 aliphatic rings. The summed E-state index contributed by atoms with van der Waals surface area (Å²) in [5.74, 6) is -12.4. The standard InChI is InChI=1S/C69H112N24O14S2/c1-38(2)30-48(90-63(104)50(33-40-14-6-5-7-15-40)84-55(96)35-82-54(95)34-83-57(98)43(71)32-41-21-23-42(94)24-22-41)61(102)86-45(17-10-26-79-67(73)74)58(99)85-46(18-11-27-80-68(75)76)60(101)92-52-37-109-108-36-51(56(72)97)91-62(103)49(31-39(3)4)89-59(100)44(16-8-9-25-70)87-65(106)53-20-13-29-93(53)66(107)47(88-64(52)105)19-12-28-81-69(77)78/h5-7,14-15,21-24,38-39,43-53,94H,8-13,16-20,25-37,70-71H2,1-4H3,(H2,72,97)(H,82,95)(H,83,98)(H,84,96)(H,85,99)(H,86,102)(H,87,106)(H,88,105)(H,89,100)(H,90,104)(H,91,103)(H,92,101)(H4,73,74,79)(H4,75,76,80)(H4,77,78,81)/t43-,44-,45-,46-,47-,48-,49-,50-,51?,52-,53-/m0/s1. The van der Waals surface area contributed by atoms with E-state index in [-0.39, 0.29) is 157 Å². The van der Waals surface area contributed by atoms with E-state index < -0.39 is 156 Å². The van der Waals surface area contributed by atoms with Crippen LogP contribution in [0.5, 0.6) is 5.75 Å². The molecular weight excluding hydrogens is 1450 g/mol. The number of rotatable bonds is 39. The zero-order valence-electron chi connectivity index (χ0n) is 62.2. The molecule has 40 heteroatoms. The van der Waals surface area contributed by atoms with Crippen LogP contribution in [0.3, 0.4) is 0 Å². The Morgan fingerprint density at radius 1 is 0.550 bits per heavy atom. The molecule has 0 aromatic heterocycles. The SMILES string of the molecule is CC(C)C[C@@H]1NC(=O)[C@H](CCCCN)NC(=O)[C@@H]2CCCN2C(=O)[C@H](CCCN=C(N)N)NC(=O)[C@@H](NC(=O)[C@H](CCCN=C(N)N)NC(=O)[C@H](CCCN=C(N)N)NC(=O)[C@H](CC(C)C)NC(=O)[C@H](Cc2ccccc2)NC(=O)CNC(=O)CNC(=O)[C@@H](N)Cc2ccc(O)cc2)CSSCC(C(N)=O)NC1=O. The number of benzene rings is 2. The smallest absolute Gasteiger partial charge is 0.245 e. The topological polar surface area (TPSA) is 649 Å². The summed E-state index contributed by atoms with van der Waals surface area (Å²) >= 11 is 0. The molecule has 0 radical (unpaired) electrons. The fourth-order valence-corrected chi connectivity index (χ4v) is 13.9. The highest BCUT2D eigenvalue weighted by Crippen LogP contribution is 2.25. The molecule has 11 atom stereocenters. The summed E-state index contributed by atoms with van der Waals surface area (Å²) in [5.41, 5.74) is 52.8. The lowest BCUT2D eigenvalue weighted by molar-refractivity contribution is -0.142. The number of nitrogens with one attached hydrogen (secondary N) is 11. The van der Waals surface area contributed by atoms with Crippen molar-refractivity contribution in [2.24, 2.45) is 78.4 Å². The number of nitrogens with zero attached hydrogens (tertiary/aromatic N) is 4. The summed E-state index contributed by atoms with van der Waals surface area (Å²) in [5, 5.41) is 38.8. The fraction of sp³-hybridized carbons (Fsp3) is 0.594. The number of guanidine groups is 3. The third-order valence-corrected chi connectivity index (χ3v) is 19.6. The van der Waals surface area contributed by atoms with Crippen LogP contribution in [-0.4, -0.2) is 228 Å². The van der Waals surface area contributed by atoms with Crippen LogP contribution >= 0.6 is 21.6 Å². The molecule has 0 saturated carbocycles. The molecule has 2 aromatic rings. The third kappa shape index (κ3) is 34.7. The average Bonchev–Trinajstić information content (AvgIpc) is 1.72. The summed E-state index contributed by atoms with van der Waals surface area (Å²) in [4.78, 5) is 198. The van der Waals surface area contributed by atoms with E-state index in [1.54, 1.807) is 56.3 Å². The number of carbonyl (C=O) groups is 13. The van der Waals surface area contributed by atoms with Gasteiger partial charge in [0.05, 0.1) is 19.1 Å². The maximum atomic E-state index is 15.1. The number of aromatic hydroxyl groups is 1. The molecule has 38 nitrogen and oxygen atoms in total. The molecule has 2 fully saturated rings. The lowest BCUT2D eigenvalue weighted by Gasteiger charge is -2.31. The minimum Gasteiger partial charge on any atom is -0.508 e. The molecule has 0 aliphatic carbocycles. The predicted octanol–water partition coefficient (Wildman–Crippen LogP) is -5.65. The highest BCUT2D eigenvalue weighted by atomic mass is 33.1. The van der Waals surface area contributed by atoms with E-state index in [0.29, 0.717) is 30.4 Å². The van der Waals surface area contributed by atoms with Crippen molar-refractivity contribution >= 4 is 116 Å². The van der Waals surface area contributed by atoms with Crippen molar-refractivity contribution in [3.63, 3.8) is 0 Å². The number of amides is 13. The van der Waals surface area contributed by atoms with E-state index >= 15 is 9.59 Å². The largest absolute Gasteiger partial charge is 0.508 e. The van der Waals surface area contributed by atoms with E-state index in [9.17, 15) is 57.8 Å². The Morgan fingerprint density at radius 2 is 1.08 bits per heavy atom. The highest BCUT2D eigenvalue weighted by molar-refractivity contribution is 8.76. The number of hydrogen-bond acceptors (Lipinski definition) is 21. The molecule has 2 saturated heterocycles. The Balaban J connectivity index is 1.70. The maximum Gasteiger partial charge on any atom is 0.245 e. The van der Waals surface area contributed by atoms with Crippen LogP contribution in [0, 0.1) is 11.8 Å². The minimum atomic E-state index is -1.58. The number of nitrogens with two attached hydrogens (primary N) is 9. The third-order valence-electron chi connectivity index (χ3n) is 17.2. The Labute approximate surface area is 641 Å². The first-order valence-electron chi connectivity index (χ1n) is 36.3. The second-order valence-electron chi connectivity index (χ2n) is 27.3. The van der Waals surface area contributed by atoms with Crippen molar-refractivity contribution in [2.45, 2.75) is 190 Å². The Bertz CT molecular complexity index is 3450. The fourth-order valence-electron chi connectivity index (χ4n) is 11.6. The van der Waals surface area contributed by atoms with Crippen LogP contribution in [0.1, 0.15) is 122 Å². The normalized spacial score (nSPS) is 19.4. The predicted molar refractivity (Wildman–Crippen MR) is 414 cm³/mol. The van der Waals surface area contributed by atoms with Crippen LogP contribution in [0.4, 0.5) is 0 Å². The van der Waals surface area contributed by atoms with Gasteiger partial charge in [-0.3, -0.25) is 77.3 Å². The number of phenols is 1. The quantitative estimate of drug-likeness (QED) is 0.0128. The summed E-state index contributed by atoms with van der Waals surface area (Å²) in [7, 11) is 1.93. The molecule has 0 spiro atoms. The van der Waals surface area contributed by atoms with Crippen LogP contribution in [0.2, 0.25) is 0 Å². The van der Waals surface area contributed by atoms with Crippen molar-refractivity contribution in [1.82, 2.24) is 63.4 Å². The van der Waals surface area contributed by atoms with E-state index in [2.05, 4.69) is 73.5 Å². The first-order chi connectivity index (χ1) is 51.7. The molecule has 4 rings (SSSR count). The highest BCUT2D eigenvalue weighted by Gasteiger charge is 2.41. The van der Waals surface area contributed by atoms with Gasteiger partial charge in [0.25, 0.3) is 0 Å². The van der Waals surface area contributed by atoms with E-state index in [1.165, 1.54) is 17.0 Å². The number of aliphatic imine (C=N–C) groups is 3. The van der Waals surface area contributed by atoms with E-state index in [4.69, 9.17) is 51.6 Å². The molecule has 30 N–H and O–H groups in total. The second kappa shape index (κ2) is 48.2. The van der Waals surface area contributed by atoms with Gasteiger partial charge in [0.1, 0.15) is 66.2 Å². The van der Waals surface area contributed by atoms with Crippen molar-refractivity contribution in [1.29, 1.82) is 0 Å². The second-order valence-corrected chi connectivity index (χ2v) is 29.9. The Morgan fingerprint density at radius 3 is 1.68 bits per heavy atom. The zero-order valence-corrected chi connectivity index (χ0v) is 63.9. The lowest BCUT2D eigenvalue weighted by atomic mass is 10.00. The van der Waals surface area contributed by atoms with Crippen molar-refractivity contribution in [3.8, 4) is 5.75 Å². The molecule has 1 unspecified atom stereocenters. The number of phenolic OH excluding ortho intramolecular Hbond substituents is 1. The van der Waals surface area contributed by atoms with Gasteiger partial charge in [-0.1, -0.05) is 91.7 Å². The minimum absolute atomic E-state index is 0.00538. The van der Waals surface area contributed by atoms with Crippen LogP contribution in [0.15, 0.2) is 69.6 Å². The number of hydrogen-bond donors (Lipinski definition) is 21. The molecule has 2 aliphatic heterocycles. The maximum absolute atomic E-state index is 15.1. The lowest BCUT2D eigenvalue weighted by Crippen LogP contribution is -2.61. The molecule has 2 heterocycles. The Hall–Kier alpha value is -10.2. The average molecular weight is 1570 g/mol. The van der Waals surface area contributed by atoms with Crippen molar-refractivity contribution in [3.05, 3.63) is 65.7 Å². The van der Waals surface area contributed by atoms with Gasteiger partial charge in [0.15, 0.2) is 17.9 Å². The number of carbonyl (C=O) groups excluding carboxylic acids is 13. The van der Waals surface area contributed by atoms with Gasteiger partial charge in [-0.05, 0) is 132 Å². The zero-order chi connectivity index (χ0) is 80.7. The molecule has 604 valence electrons. The summed E-state index contributed by atoms with van der Waals surface area (Å²) in [6, 6.07) is -0.171. The molecule has 109 heavy (non-hydrogen) atoms. The van der Waals surface area contributed by atoms with Crippen molar-refractivity contribution in [2.75, 3.05) is 57.3 Å². The monoisotopic (exact) mass is 1560 g/mol. The number of fused-ring (bicyclic) bond motifs is 1. The summed E-state index contributed by atoms with van der Waals surface area (Å²) in [6.07, 6.45) is 1.26. The first kappa shape index (κ1) is 91.2. The summed E-state index contributed by atoms with van der Waals surface area (Å²) < 4.78 is 0. The van der Waals surface area contributed by atoms with Gasteiger partial charge in [0.2, 0.25) is 76.8 Å². The van der Waals surface area contributed by atoms with Gasteiger partial charge in [-0.25, -0.2) is 0 Å². The molecule has 2 aromatic carbocycles. The van der Waals surface area contributed by atoms with Crippen molar-refractivity contribution < 1.29 is 67.4 Å². The van der Waals surface area contributed by atoms with Gasteiger partial charge < -0.3 is 120 Å².